The van der Waals surface area contributed by atoms with Gasteiger partial charge in [0.25, 0.3) is 0 Å². The Kier molecular flexibility index (Phi) is 6.77. The van der Waals surface area contributed by atoms with Gasteiger partial charge in [0.15, 0.2) is 5.82 Å². The van der Waals surface area contributed by atoms with Crippen molar-refractivity contribution in [1.82, 2.24) is 20.4 Å². The van der Waals surface area contributed by atoms with Crippen molar-refractivity contribution >= 4 is 5.91 Å². The largest absolute Gasteiger partial charge is 0.487 e. The van der Waals surface area contributed by atoms with Crippen LogP contribution < -0.4 is 15.4 Å². The number of ether oxygens (including phenoxy) is 1. The van der Waals surface area contributed by atoms with Crippen LogP contribution in [0.5, 0.6) is 5.75 Å². The van der Waals surface area contributed by atoms with Gasteiger partial charge in [-0.05, 0) is 55.5 Å². The van der Waals surface area contributed by atoms with Crippen molar-refractivity contribution in [1.29, 1.82) is 0 Å². The number of benzene rings is 2. The summed E-state index contributed by atoms with van der Waals surface area (Å²) in [6.07, 6.45) is 6.26. The normalized spacial score (nSPS) is 19.6. The third kappa shape index (κ3) is 5.12. The van der Waals surface area contributed by atoms with Crippen LogP contribution in [-0.4, -0.2) is 45.1 Å². The Morgan fingerprint density at radius 1 is 1.28 bits per heavy atom. The molecule has 5 rings (SSSR count). The molecule has 7 nitrogen and oxygen atoms in total. The lowest BCUT2D eigenvalue weighted by Gasteiger charge is -2.48. The van der Waals surface area contributed by atoms with Gasteiger partial charge in [-0.3, -0.25) is 4.79 Å². The van der Waals surface area contributed by atoms with Gasteiger partial charge >= 0.3 is 0 Å². The molecule has 0 bridgehead atoms. The number of carbonyl (C=O) groups is 1. The van der Waals surface area contributed by atoms with E-state index in [1.165, 1.54) is 29.8 Å². The summed E-state index contributed by atoms with van der Waals surface area (Å²) in [5.74, 6) is -0.514. The van der Waals surface area contributed by atoms with Crippen molar-refractivity contribution in [2.45, 2.75) is 62.8 Å². The molecule has 2 aromatic carbocycles. The molecule has 2 heterocycles. The third-order valence-corrected chi connectivity index (χ3v) is 7.17. The number of halogens is 2. The van der Waals surface area contributed by atoms with E-state index in [-0.39, 0.29) is 29.9 Å². The summed E-state index contributed by atoms with van der Waals surface area (Å²) in [6, 6.07) is 10.2. The number of hydrogen-bond donors (Lipinski definition) is 3. The highest BCUT2D eigenvalue weighted by Crippen LogP contribution is 2.49. The van der Waals surface area contributed by atoms with E-state index in [9.17, 15) is 18.7 Å². The van der Waals surface area contributed by atoms with Crippen LogP contribution in [0, 0.1) is 11.6 Å². The zero-order valence-electron chi connectivity index (χ0n) is 20.1. The van der Waals surface area contributed by atoms with E-state index in [4.69, 9.17) is 4.74 Å². The van der Waals surface area contributed by atoms with Crippen molar-refractivity contribution in [3.05, 3.63) is 77.6 Å². The number of fused-ring (bicyclic) bond motifs is 1. The molecule has 36 heavy (non-hydrogen) atoms. The number of nitrogens with one attached hydrogen (secondary N) is 2. The number of aliphatic hydroxyl groups is 1. The lowest BCUT2D eigenvalue weighted by atomic mass is 9.73. The Bertz CT molecular complexity index is 1210. The van der Waals surface area contributed by atoms with Gasteiger partial charge in [0, 0.05) is 50.0 Å². The van der Waals surface area contributed by atoms with Crippen molar-refractivity contribution in [2.24, 2.45) is 0 Å². The highest BCUT2D eigenvalue weighted by molar-refractivity contribution is 5.73. The molecule has 3 aromatic rings. The molecule has 0 unspecified atom stereocenters. The van der Waals surface area contributed by atoms with Crippen LogP contribution in [0.2, 0.25) is 0 Å². The van der Waals surface area contributed by atoms with Crippen molar-refractivity contribution < 1.29 is 23.4 Å². The molecule has 1 aliphatic carbocycles. The number of nitrogens with zero attached hydrogens (tertiary/aromatic N) is 2. The predicted octanol–water partition coefficient (Wildman–Crippen LogP) is 3.59. The van der Waals surface area contributed by atoms with Crippen LogP contribution >= 0.6 is 0 Å². The summed E-state index contributed by atoms with van der Waals surface area (Å²) >= 11 is 0. The van der Waals surface area contributed by atoms with E-state index in [1.807, 2.05) is 0 Å². The SMILES string of the molecule is CC(=O)N[C@@H](Cc1ccc(F)cc1)[C@@H](O)CN[C@H]1CC2(CCC2)Oc2cc(F)c(-n3cccn3)cc21. The first-order chi connectivity index (χ1) is 17.3. The van der Waals surface area contributed by atoms with E-state index in [1.54, 1.807) is 36.7 Å². The lowest BCUT2D eigenvalue weighted by molar-refractivity contribution is -0.120. The van der Waals surface area contributed by atoms with E-state index >= 15 is 0 Å². The second kappa shape index (κ2) is 9.99. The minimum Gasteiger partial charge on any atom is -0.487 e. The van der Waals surface area contributed by atoms with Crippen LogP contribution in [0.3, 0.4) is 0 Å². The molecule has 1 saturated carbocycles. The van der Waals surface area contributed by atoms with Gasteiger partial charge in [-0.25, -0.2) is 13.5 Å². The fourth-order valence-electron chi connectivity index (χ4n) is 5.15. The topological polar surface area (TPSA) is 88.4 Å². The van der Waals surface area contributed by atoms with Crippen LogP contribution in [0.4, 0.5) is 8.78 Å². The van der Waals surface area contributed by atoms with Crippen LogP contribution in [0.15, 0.2) is 54.9 Å². The number of aromatic nitrogens is 2. The first-order valence-corrected chi connectivity index (χ1v) is 12.3. The van der Waals surface area contributed by atoms with E-state index < -0.39 is 18.0 Å². The molecule has 1 amide bonds. The maximum atomic E-state index is 15.0. The highest BCUT2D eigenvalue weighted by atomic mass is 19.1. The Balaban J connectivity index is 1.36. The molecular formula is C27H30F2N4O3. The lowest BCUT2D eigenvalue weighted by Crippen LogP contribution is -2.52. The maximum Gasteiger partial charge on any atom is 0.217 e. The van der Waals surface area contributed by atoms with Crippen LogP contribution in [-0.2, 0) is 11.2 Å². The van der Waals surface area contributed by atoms with E-state index in [0.29, 0.717) is 24.3 Å². The highest BCUT2D eigenvalue weighted by Gasteiger charge is 2.46. The Labute approximate surface area is 208 Å². The summed E-state index contributed by atoms with van der Waals surface area (Å²) in [5.41, 5.74) is 1.60. The first kappa shape index (κ1) is 24.4. The van der Waals surface area contributed by atoms with Crippen LogP contribution in [0.1, 0.15) is 49.8 Å². The summed E-state index contributed by atoms with van der Waals surface area (Å²) in [4.78, 5) is 11.8. The van der Waals surface area contributed by atoms with Gasteiger partial charge in [0.05, 0.1) is 12.1 Å². The molecule has 9 heteroatoms. The summed E-state index contributed by atoms with van der Waals surface area (Å²) in [6.45, 7) is 1.60. The third-order valence-electron chi connectivity index (χ3n) is 7.17. The Morgan fingerprint density at radius 2 is 2.06 bits per heavy atom. The number of aliphatic hydroxyl groups excluding tert-OH is 1. The van der Waals surface area contributed by atoms with E-state index in [2.05, 4.69) is 15.7 Å². The Hall–Kier alpha value is -3.30. The zero-order chi connectivity index (χ0) is 25.3. The number of carbonyl (C=O) groups excluding carboxylic acids is 1. The van der Waals surface area contributed by atoms with Crippen LogP contribution in [0.25, 0.3) is 5.69 Å². The molecule has 1 fully saturated rings. The zero-order valence-corrected chi connectivity index (χ0v) is 20.1. The molecule has 3 N–H and O–H groups in total. The van der Waals surface area contributed by atoms with Crippen molar-refractivity contribution in [3.63, 3.8) is 0 Å². The second-order valence-electron chi connectivity index (χ2n) is 9.80. The quantitative estimate of drug-likeness (QED) is 0.444. The first-order valence-electron chi connectivity index (χ1n) is 12.3. The molecule has 0 radical (unpaired) electrons. The predicted molar refractivity (Wildman–Crippen MR) is 130 cm³/mol. The second-order valence-corrected chi connectivity index (χ2v) is 9.80. The minimum absolute atomic E-state index is 0.178. The minimum atomic E-state index is -0.909. The van der Waals surface area contributed by atoms with Gasteiger partial charge in [-0.2, -0.15) is 5.10 Å². The van der Waals surface area contributed by atoms with Crippen molar-refractivity contribution in [2.75, 3.05) is 6.54 Å². The number of amides is 1. The fourth-order valence-corrected chi connectivity index (χ4v) is 5.15. The molecule has 1 aliphatic heterocycles. The van der Waals surface area contributed by atoms with Gasteiger partial charge < -0.3 is 20.5 Å². The van der Waals surface area contributed by atoms with E-state index in [0.717, 1.165) is 30.4 Å². The molecule has 1 aromatic heterocycles. The summed E-state index contributed by atoms with van der Waals surface area (Å²) in [5, 5.41) is 21.5. The van der Waals surface area contributed by atoms with Crippen molar-refractivity contribution in [3.8, 4) is 11.4 Å². The molecule has 190 valence electrons. The molecule has 2 aliphatic rings. The number of hydrogen-bond acceptors (Lipinski definition) is 5. The standard InChI is InChI=1S/C27H30F2N4O3/c1-17(34)32-22(12-18-4-6-19(28)7-5-18)25(35)16-30-23-15-27(8-2-9-27)36-26-14-21(29)24(13-20(23)26)33-11-3-10-31-33/h3-7,10-11,13-14,22-23,25,30,35H,2,8-9,12,15-16H2,1H3,(H,32,34)/t22-,23-,25-/m0/s1. The van der Waals surface area contributed by atoms with Gasteiger partial charge in [-0.1, -0.05) is 12.1 Å². The monoisotopic (exact) mass is 496 g/mol. The average molecular weight is 497 g/mol. The maximum absolute atomic E-state index is 15.0. The molecule has 1 spiro atoms. The smallest absolute Gasteiger partial charge is 0.217 e. The average Bonchev–Trinajstić information content (AvgIpc) is 3.36. The fraction of sp³-hybridized carbons (Fsp3) is 0.407. The molecular weight excluding hydrogens is 466 g/mol. The number of rotatable bonds is 8. The summed E-state index contributed by atoms with van der Waals surface area (Å²) < 4.78 is 36.0. The van der Waals surface area contributed by atoms with Gasteiger partial charge in [-0.15, -0.1) is 0 Å². The Morgan fingerprint density at radius 3 is 2.69 bits per heavy atom. The summed E-state index contributed by atoms with van der Waals surface area (Å²) in [7, 11) is 0. The van der Waals surface area contributed by atoms with Gasteiger partial charge in [0.2, 0.25) is 5.91 Å². The molecule has 3 atom stereocenters. The molecule has 0 saturated heterocycles. The van der Waals surface area contributed by atoms with Gasteiger partial charge in [0.1, 0.15) is 22.9 Å².